The summed E-state index contributed by atoms with van der Waals surface area (Å²) in [7, 11) is -0.833. The second-order valence-electron chi connectivity index (χ2n) is 8.12. The number of aryl methyl sites for hydroxylation is 1. The predicted octanol–water partition coefficient (Wildman–Crippen LogP) is 4.55. The van der Waals surface area contributed by atoms with Crippen molar-refractivity contribution < 1.29 is 13.2 Å². The topological polar surface area (TPSA) is 97.2 Å². The highest BCUT2D eigenvalue weighted by Gasteiger charge is 2.24. The Morgan fingerprint density at radius 1 is 1.15 bits per heavy atom. The summed E-state index contributed by atoms with van der Waals surface area (Å²) in [6, 6.07) is 12.1. The largest absolute Gasteiger partial charge is 0.321 e. The van der Waals surface area contributed by atoms with Gasteiger partial charge in [-0.3, -0.25) is 4.79 Å². The van der Waals surface area contributed by atoms with E-state index in [1.54, 1.807) is 46.5 Å². The van der Waals surface area contributed by atoms with Crippen LogP contribution in [0.2, 0.25) is 0 Å². The van der Waals surface area contributed by atoms with Crippen LogP contribution in [0, 0.1) is 6.92 Å². The van der Waals surface area contributed by atoms with Crippen molar-refractivity contribution in [3.63, 3.8) is 0 Å². The highest BCUT2D eigenvalue weighted by Crippen LogP contribution is 2.31. The molecule has 172 valence electrons. The maximum Gasteiger partial charge on any atom is 0.256 e. The number of amides is 1. The molecule has 0 spiro atoms. The van der Waals surface area contributed by atoms with Crippen molar-refractivity contribution in [1.29, 1.82) is 0 Å². The smallest absolute Gasteiger partial charge is 0.256 e. The Kier molecular flexibility index (Phi) is 6.08. The van der Waals surface area contributed by atoms with Crippen LogP contribution in [-0.2, 0) is 10.0 Å². The fourth-order valence-electron chi connectivity index (χ4n) is 3.46. The van der Waals surface area contributed by atoms with Crippen LogP contribution in [0.5, 0.6) is 0 Å². The minimum absolute atomic E-state index is 0.0284. The fraction of sp³-hybridized carbons (Fsp3) is 0.261. The first-order valence-electron chi connectivity index (χ1n) is 10.4. The molecule has 33 heavy (non-hydrogen) atoms. The summed E-state index contributed by atoms with van der Waals surface area (Å²) in [5.74, 6) is -0.429. The molecule has 0 aliphatic rings. The molecule has 4 rings (SSSR count). The van der Waals surface area contributed by atoms with Crippen LogP contribution in [0.25, 0.3) is 21.6 Å². The number of aromatic nitrogens is 3. The number of para-hydroxylation sites is 1. The van der Waals surface area contributed by atoms with Crippen molar-refractivity contribution in [3.05, 3.63) is 59.1 Å². The number of carbonyl (C=O) groups excluding carboxylic acids is 1. The average molecular weight is 484 g/mol. The van der Waals surface area contributed by atoms with E-state index in [4.69, 9.17) is 4.98 Å². The van der Waals surface area contributed by atoms with Gasteiger partial charge in [-0.2, -0.15) is 5.10 Å². The maximum absolute atomic E-state index is 13.5. The van der Waals surface area contributed by atoms with Gasteiger partial charge in [-0.1, -0.05) is 12.1 Å². The Morgan fingerprint density at radius 2 is 1.88 bits per heavy atom. The summed E-state index contributed by atoms with van der Waals surface area (Å²) in [6.07, 6.45) is 1.63. The van der Waals surface area contributed by atoms with Crippen molar-refractivity contribution >= 4 is 44.0 Å². The van der Waals surface area contributed by atoms with Crippen LogP contribution in [0.15, 0.2) is 53.6 Å². The molecule has 10 heteroatoms. The molecular weight excluding hydrogens is 458 g/mol. The van der Waals surface area contributed by atoms with Crippen LogP contribution in [0.3, 0.4) is 0 Å². The lowest BCUT2D eigenvalue weighted by atomic mass is 10.1. The molecule has 3 aromatic heterocycles. The number of benzene rings is 1. The van der Waals surface area contributed by atoms with E-state index in [1.807, 2.05) is 32.9 Å². The number of nitrogens with one attached hydrogen (secondary N) is 1. The first-order chi connectivity index (χ1) is 15.6. The van der Waals surface area contributed by atoms with Gasteiger partial charge in [0.25, 0.3) is 5.91 Å². The summed E-state index contributed by atoms with van der Waals surface area (Å²) in [5, 5.41) is 7.84. The van der Waals surface area contributed by atoms with E-state index < -0.39 is 15.9 Å². The molecular formula is C23H25N5O3S2. The number of hydrogen-bond donors (Lipinski definition) is 1. The van der Waals surface area contributed by atoms with Gasteiger partial charge in [-0.15, -0.1) is 11.3 Å². The van der Waals surface area contributed by atoms with E-state index in [2.05, 4.69) is 10.4 Å². The van der Waals surface area contributed by atoms with Crippen molar-refractivity contribution in [1.82, 2.24) is 19.1 Å². The van der Waals surface area contributed by atoms with E-state index >= 15 is 0 Å². The van der Waals surface area contributed by atoms with Crippen LogP contribution >= 0.6 is 11.3 Å². The zero-order valence-corrected chi connectivity index (χ0v) is 20.7. The molecule has 0 radical (unpaired) electrons. The summed E-state index contributed by atoms with van der Waals surface area (Å²) >= 11 is 1.59. The Bertz CT molecular complexity index is 1450. The van der Waals surface area contributed by atoms with Gasteiger partial charge >= 0.3 is 0 Å². The van der Waals surface area contributed by atoms with Gasteiger partial charge in [0, 0.05) is 25.0 Å². The van der Waals surface area contributed by atoms with E-state index in [-0.39, 0.29) is 16.6 Å². The van der Waals surface area contributed by atoms with E-state index in [0.29, 0.717) is 22.3 Å². The number of hydrogen-bond acceptors (Lipinski definition) is 6. The SMILES string of the molecule is Cc1ccc(-c2cc(C(=O)Nc3ccccc3S(=O)(=O)N(C)C)c3cnn(C(C)C)c3n2)s1. The van der Waals surface area contributed by atoms with Crippen molar-refractivity contribution in [3.8, 4) is 10.6 Å². The molecule has 0 aliphatic heterocycles. The average Bonchev–Trinajstić information content (AvgIpc) is 3.39. The van der Waals surface area contributed by atoms with Crippen molar-refractivity contribution in [2.75, 3.05) is 19.4 Å². The van der Waals surface area contributed by atoms with Gasteiger partial charge < -0.3 is 5.32 Å². The second kappa shape index (κ2) is 8.69. The number of thiophene rings is 1. The summed E-state index contributed by atoms with van der Waals surface area (Å²) in [5.41, 5.74) is 1.87. The highest BCUT2D eigenvalue weighted by atomic mass is 32.2. The summed E-state index contributed by atoms with van der Waals surface area (Å²) in [6.45, 7) is 6.01. The highest BCUT2D eigenvalue weighted by molar-refractivity contribution is 7.89. The maximum atomic E-state index is 13.5. The standard InChI is InChI=1S/C23H25N5O3S2/c1-14(2)28-22-17(13-24-28)16(12-19(25-22)20-11-10-15(3)32-20)23(29)26-18-8-6-7-9-21(18)33(30,31)27(4)5/h6-14H,1-5H3,(H,26,29). The molecule has 0 atom stereocenters. The molecule has 1 N–H and O–H groups in total. The monoisotopic (exact) mass is 483 g/mol. The first kappa shape index (κ1) is 23.1. The number of nitrogens with zero attached hydrogens (tertiary/aromatic N) is 4. The summed E-state index contributed by atoms with van der Waals surface area (Å²) < 4.78 is 28.4. The summed E-state index contributed by atoms with van der Waals surface area (Å²) in [4.78, 5) is 20.4. The van der Waals surface area contributed by atoms with Crippen LogP contribution < -0.4 is 5.32 Å². The normalized spacial score (nSPS) is 12.1. The molecule has 0 bridgehead atoms. The third-order valence-electron chi connectivity index (χ3n) is 5.19. The quantitative estimate of drug-likeness (QED) is 0.434. The molecule has 0 aliphatic carbocycles. The van der Waals surface area contributed by atoms with E-state index in [9.17, 15) is 13.2 Å². The molecule has 1 aromatic carbocycles. The van der Waals surface area contributed by atoms with Crippen LogP contribution in [-0.4, -0.2) is 47.5 Å². The minimum atomic E-state index is -3.74. The van der Waals surface area contributed by atoms with Gasteiger partial charge in [0.1, 0.15) is 4.90 Å². The van der Waals surface area contributed by atoms with Crippen molar-refractivity contribution in [2.24, 2.45) is 0 Å². The van der Waals surface area contributed by atoms with E-state index in [1.165, 1.54) is 20.2 Å². The predicted molar refractivity (Wildman–Crippen MR) is 131 cm³/mol. The first-order valence-corrected chi connectivity index (χ1v) is 12.6. The van der Waals surface area contributed by atoms with Gasteiger partial charge in [-0.05, 0) is 51.1 Å². The second-order valence-corrected chi connectivity index (χ2v) is 11.5. The van der Waals surface area contributed by atoms with Crippen molar-refractivity contribution in [2.45, 2.75) is 31.7 Å². The molecule has 3 heterocycles. The molecule has 0 saturated heterocycles. The van der Waals surface area contributed by atoms with Crippen LogP contribution in [0.4, 0.5) is 5.69 Å². The Labute approximate surface area is 196 Å². The van der Waals surface area contributed by atoms with Crippen LogP contribution in [0.1, 0.15) is 35.1 Å². The van der Waals surface area contributed by atoms with Gasteiger partial charge in [0.05, 0.1) is 33.4 Å². The zero-order valence-electron chi connectivity index (χ0n) is 19.0. The lowest BCUT2D eigenvalue weighted by molar-refractivity contribution is 0.102. The van der Waals surface area contributed by atoms with Gasteiger partial charge in [0.2, 0.25) is 10.0 Å². The Hall–Kier alpha value is -3.08. The van der Waals surface area contributed by atoms with Gasteiger partial charge in [0.15, 0.2) is 5.65 Å². The molecule has 4 aromatic rings. The number of rotatable bonds is 6. The number of carbonyl (C=O) groups is 1. The lowest BCUT2D eigenvalue weighted by Crippen LogP contribution is -2.24. The van der Waals surface area contributed by atoms with E-state index in [0.717, 1.165) is 14.1 Å². The zero-order chi connectivity index (χ0) is 23.9. The number of anilines is 1. The molecule has 1 amide bonds. The third-order valence-corrected chi connectivity index (χ3v) is 8.08. The fourth-order valence-corrected chi connectivity index (χ4v) is 5.33. The third kappa shape index (κ3) is 4.29. The number of fused-ring (bicyclic) bond motifs is 1. The van der Waals surface area contributed by atoms with Gasteiger partial charge in [-0.25, -0.2) is 22.4 Å². The molecule has 8 nitrogen and oxygen atoms in total. The Morgan fingerprint density at radius 3 is 2.52 bits per heavy atom. The Balaban J connectivity index is 1.84. The number of pyridine rings is 1. The number of sulfonamides is 1. The molecule has 0 fully saturated rings. The lowest BCUT2D eigenvalue weighted by Gasteiger charge is -2.16. The molecule has 0 unspecified atom stereocenters. The molecule has 0 saturated carbocycles. The minimum Gasteiger partial charge on any atom is -0.321 e.